The second-order valence-electron chi connectivity index (χ2n) is 4.44. The molecular formula is C13H16N2O6. The van der Waals surface area contributed by atoms with Gasteiger partial charge in [-0.15, -0.1) is 0 Å². The van der Waals surface area contributed by atoms with Crippen LogP contribution in [0.25, 0.3) is 0 Å². The fourth-order valence-corrected chi connectivity index (χ4v) is 2.17. The minimum atomic E-state index is -0.662. The van der Waals surface area contributed by atoms with Crippen molar-refractivity contribution in [2.75, 3.05) is 38.8 Å². The zero-order chi connectivity index (χ0) is 15.4. The van der Waals surface area contributed by atoms with Crippen LogP contribution in [0.1, 0.15) is 0 Å². The van der Waals surface area contributed by atoms with Gasteiger partial charge >= 0.3 is 11.7 Å². The van der Waals surface area contributed by atoms with E-state index in [1.807, 2.05) is 4.90 Å². The standard InChI is InChI=1S/C13H16N2O6/c1-19-11-7-9(3-4-10(11)15(17)18)14-5-6-21-12(8-14)13(16)20-2/h3-4,7,12H,5-6,8H2,1-2H3. The molecule has 21 heavy (non-hydrogen) atoms. The fraction of sp³-hybridized carbons (Fsp3) is 0.462. The van der Waals surface area contributed by atoms with E-state index in [-0.39, 0.29) is 11.4 Å². The third kappa shape index (κ3) is 3.22. The summed E-state index contributed by atoms with van der Waals surface area (Å²) in [4.78, 5) is 23.8. The van der Waals surface area contributed by atoms with Gasteiger partial charge in [-0.05, 0) is 6.07 Å². The molecule has 1 aromatic carbocycles. The quantitative estimate of drug-likeness (QED) is 0.464. The summed E-state index contributed by atoms with van der Waals surface area (Å²) in [6.45, 7) is 1.28. The van der Waals surface area contributed by atoms with Gasteiger partial charge in [0, 0.05) is 24.4 Å². The summed E-state index contributed by atoms with van der Waals surface area (Å²) in [7, 11) is 2.68. The van der Waals surface area contributed by atoms with Gasteiger partial charge in [0.25, 0.3) is 0 Å². The molecule has 0 aromatic heterocycles. The van der Waals surface area contributed by atoms with Gasteiger partial charge in [0.05, 0.1) is 32.3 Å². The maximum absolute atomic E-state index is 11.5. The van der Waals surface area contributed by atoms with Gasteiger partial charge in [0.1, 0.15) is 0 Å². The number of nitrogens with zero attached hydrogens (tertiary/aromatic N) is 2. The number of morpholine rings is 1. The Morgan fingerprint density at radius 2 is 2.24 bits per heavy atom. The lowest BCUT2D eigenvalue weighted by Gasteiger charge is -2.33. The fourth-order valence-electron chi connectivity index (χ4n) is 2.17. The molecule has 1 atom stereocenters. The zero-order valence-corrected chi connectivity index (χ0v) is 11.8. The Kier molecular flexibility index (Phi) is 4.59. The number of hydrogen-bond donors (Lipinski definition) is 0. The van der Waals surface area contributed by atoms with Crippen molar-refractivity contribution in [2.45, 2.75) is 6.10 Å². The number of rotatable bonds is 4. The van der Waals surface area contributed by atoms with Crippen LogP contribution in [0, 0.1) is 10.1 Å². The van der Waals surface area contributed by atoms with Crippen LogP contribution in [-0.2, 0) is 14.3 Å². The van der Waals surface area contributed by atoms with Crippen LogP contribution in [0.5, 0.6) is 5.75 Å². The third-order valence-corrected chi connectivity index (χ3v) is 3.26. The molecule has 0 N–H and O–H groups in total. The molecule has 1 aromatic rings. The third-order valence-electron chi connectivity index (χ3n) is 3.26. The van der Waals surface area contributed by atoms with E-state index in [1.54, 1.807) is 12.1 Å². The molecule has 0 radical (unpaired) electrons. The number of ether oxygens (including phenoxy) is 3. The highest BCUT2D eigenvalue weighted by Crippen LogP contribution is 2.32. The maximum atomic E-state index is 11.5. The molecule has 1 saturated heterocycles. The molecule has 0 amide bonds. The number of nitro groups is 1. The number of carbonyl (C=O) groups excluding carboxylic acids is 1. The SMILES string of the molecule is COC(=O)C1CN(c2ccc([N+](=O)[O-])c(OC)c2)CCO1. The van der Waals surface area contributed by atoms with Gasteiger partial charge in [0.2, 0.25) is 0 Å². The van der Waals surface area contributed by atoms with Crippen molar-refractivity contribution in [3.63, 3.8) is 0 Å². The Morgan fingerprint density at radius 1 is 1.48 bits per heavy atom. The van der Waals surface area contributed by atoms with E-state index in [4.69, 9.17) is 9.47 Å². The highest BCUT2D eigenvalue weighted by Gasteiger charge is 2.28. The number of nitro benzene ring substituents is 1. The number of methoxy groups -OCH3 is 2. The van der Waals surface area contributed by atoms with E-state index in [0.717, 1.165) is 5.69 Å². The molecule has 1 aliphatic heterocycles. The molecule has 0 bridgehead atoms. The normalized spacial score (nSPS) is 18.2. The largest absolute Gasteiger partial charge is 0.490 e. The number of benzene rings is 1. The second-order valence-corrected chi connectivity index (χ2v) is 4.44. The molecule has 1 heterocycles. The van der Waals surface area contributed by atoms with Gasteiger partial charge < -0.3 is 19.1 Å². The average Bonchev–Trinajstić information content (AvgIpc) is 2.53. The summed E-state index contributed by atoms with van der Waals surface area (Å²) < 4.78 is 15.1. The first-order valence-corrected chi connectivity index (χ1v) is 6.33. The number of esters is 1. The number of carbonyl (C=O) groups is 1. The zero-order valence-electron chi connectivity index (χ0n) is 11.8. The van der Waals surface area contributed by atoms with Crippen molar-refractivity contribution in [3.8, 4) is 5.75 Å². The topological polar surface area (TPSA) is 91.1 Å². The molecule has 8 nitrogen and oxygen atoms in total. The average molecular weight is 296 g/mol. The summed E-state index contributed by atoms with van der Waals surface area (Å²) in [5.41, 5.74) is 0.633. The first-order valence-electron chi connectivity index (χ1n) is 6.33. The Labute approximate surface area is 121 Å². The van der Waals surface area contributed by atoms with E-state index in [1.165, 1.54) is 20.3 Å². The van der Waals surface area contributed by atoms with Crippen LogP contribution in [-0.4, -0.2) is 50.9 Å². The van der Waals surface area contributed by atoms with E-state index < -0.39 is 17.0 Å². The Balaban J connectivity index is 2.21. The van der Waals surface area contributed by atoms with Crippen molar-refractivity contribution < 1.29 is 23.9 Å². The van der Waals surface area contributed by atoms with Crippen molar-refractivity contribution >= 4 is 17.3 Å². The molecule has 1 fully saturated rings. The lowest BCUT2D eigenvalue weighted by Crippen LogP contribution is -2.46. The number of anilines is 1. The predicted molar refractivity (Wildman–Crippen MR) is 73.6 cm³/mol. The number of hydrogen-bond acceptors (Lipinski definition) is 7. The van der Waals surface area contributed by atoms with Gasteiger partial charge in [-0.1, -0.05) is 0 Å². The van der Waals surface area contributed by atoms with Crippen molar-refractivity contribution in [2.24, 2.45) is 0 Å². The van der Waals surface area contributed by atoms with Crippen LogP contribution < -0.4 is 9.64 Å². The smallest absolute Gasteiger partial charge is 0.336 e. The van der Waals surface area contributed by atoms with Crippen LogP contribution in [0.3, 0.4) is 0 Å². The van der Waals surface area contributed by atoms with Crippen LogP contribution in [0.4, 0.5) is 11.4 Å². The lowest BCUT2D eigenvalue weighted by molar-refractivity contribution is -0.385. The van der Waals surface area contributed by atoms with Gasteiger partial charge in [-0.25, -0.2) is 4.79 Å². The van der Waals surface area contributed by atoms with Crippen LogP contribution in [0.15, 0.2) is 18.2 Å². The molecule has 2 rings (SSSR count). The second kappa shape index (κ2) is 6.40. The predicted octanol–water partition coefficient (Wildman–Crippen LogP) is 0.982. The summed E-state index contributed by atoms with van der Waals surface area (Å²) in [6, 6.07) is 4.59. The highest BCUT2D eigenvalue weighted by atomic mass is 16.6. The lowest BCUT2D eigenvalue weighted by atomic mass is 10.2. The Hall–Kier alpha value is -2.35. The molecular weight excluding hydrogens is 280 g/mol. The van der Waals surface area contributed by atoms with Gasteiger partial charge in [-0.3, -0.25) is 10.1 Å². The minimum Gasteiger partial charge on any atom is -0.490 e. The Bertz CT molecular complexity index is 547. The van der Waals surface area contributed by atoms with Crippen LogP contribution in [0.2, 0.25) is 0 Å². The van der Waals surface area contributed by atoms with Gasteiger partial charge in [0.15, 0.2) is 11.9 Å². The molecule has 0 spiro atoms. The summed E-state index contributed by atoms with van der Waals surface area (Å²) in [6.07, 6.45) is -0.662. The van der Waals surface area contributed by atoms with Crippen LogP contribution >= 0.6 is 0 Å². The highest BCUT2D eigenvalue weighted by molar-refractivity contribution is 5.76. The summed E-state index contributed by atoms with van der Waals surface area (Å²) in [5, 5.41) is 10.9. The molecule has 114 valence electrons. The van der Waals surface area contributed by atoms with E-state index in [0.29, 0.717) is 19.7 Å². The Morgan fingerprint density at radius 3 is 2.86 bits per heavy atom. The van der Waals surface area contributed by atoms with E-state index in [9.17, 15) is 14.9 Å². The molecule has 0 aliphatic carbocycles. The van der Waals surface area contributed by atoms with Crippen molar-refractivity contribution in [1.82, 2.24) is 0 Å². The monoisotopic (exact) mass is 296 g/mol. The van der Waals surface area contributed by atoms with Crippen molar-refractivity contribution in [3.05, 3.63) is 28.3 Å². The summed E-state index contributed by atoms with van der Waals surface area (Å²) in [5.74, 6) is -0.257. The van der Waals surface area contributed by atoms with Gasteiger partial charge in [-0.2, -0.15) is 0 Å². The molecule has 1 aliphatic rings. The summed E-state index contributed by atoms with van der Waals surface area (Å²) >= 11 is 0. The minimum absolute atomic E-state index is 0.0981. The maximum Gasteiger partial charge on any atom is 0.336 e. The first-order chi connectivity index (χ1) is 10.1. The van der Waals surface area contributed by atoms with E-state index in [2.05, 4.69) is 4.74 Å². The molecule has 8 heteroatoms. The molecule has 0 saturated carbocycles. The molecule has 1 unspecified atom stereocenters. The first kappa shape index (κ1) is 15.0. The van der Waals surface area contributed by atoms with Crippen molar-refractivity contribution in [1.29, 1.82) is 0 Å². The van der Waals surface area contributed by atoms with E-state index >= 15 is 0 Å².